The van der Waals surface area contributed by atoms with Crippen LogP contribution in [-0.2, 0) is 9.63 Å². The van der Waals surface area contributed by atoms with Crippen LogP contribution in [0.1, 0.15) is 15.9 Å². The number of aliphatic carboxylic acids is 1. The van der Waals surface area contributed by atoms with Gasteiger partial charge in [0.2, 0.25) is 0 Å². The first-order valence-corrected chi connectivity index (χ1v) is 5.95. The Bertz CT molecular complexity index is 677. The summed E-state index contributed by atoms with van der Waals surface area (Å²) in [7, 11) is 0. The highest BCUT2D eigenvalue weighted by Gasteiger charge is 2.15. The van der Waals surface area contributed by atoms with Crippen LogP contribution in [0.15, 0.2) is 59.8 Å². The van der Waals surface area contributed by atoms with Crippen LogP contribution >= 0.6 is 0 Å². The standard InChI is InChI=1S/C15H11NO5/c17-12-8-6-10(7-9-12)13(14(18)19)16-21-15(20)11-4-2-1-3-5-11/h1-9,17H,(H,18,19)/b16-13+. The van der Waals surface area contributed by atoms with Crippen molar-refractivity contribution >= 4 is 17.7 Å². The summed E-state index contributed by atoms with van der Waals surface area (Å²) in [5, 5.41) is 21.7. The third kappa shape index (κ3) is 3.66. The molecule has 0 atom stereocenters. The molecule has 0 saturated carbocycles. The first-order chi connectivity index (χ1) is 10.1. The predicted molar refractivity (Wildman–Crippen MR) is 74.1 cm³/mol. The summed E-state index contributed by atoms with van der Waals surface area (Å²) in [6.07, 6.45) is 0. The van der Waals surface area contributed by atoms with Crippen molar-refractivity contribution in [2.75, 3.05) is 0 Å². The Labute approximate surface area is 119 Å². The molecule has 6 nitrogen and oxygen atoms in total. The normalized spacial score (nSPS) is 11.0. The van der Waals surface area contributed by atoms with E-state index in [9.17, 15) is 14.7 Å². The second-order valence-corrected chi connectivity index (χ2v) is 4.04. The van der Waals surface area contributed by atoms with Gasteiger partial charge in [-0.1, -0.05) is 23.4 Å². The van der Waals surface area contributed by atoms with Gasteiger partial charge in [-0.25, -0.2) is 9.59 Å². The lowest BCUT2D eigenvalue weighted by Gasteiger charge is -2.02. The maximum Gasteiger partial charge on any atom is 0.365 e. The fourth-order valence-corrected chi connectivity index (χ4v) is 1.55. The molecular formula is C15H11NO5. The van der Waals surface area contributed by atoms with Gasteiger partial charge in [-0.2, -0.15) is 0 Å². The molecule has 0 aliphatic rings. The van der Waals surface area contributed by atoms with E-state index in [0.29, 0.717) is 0 Å². The predicted octanol–water partition coefficient (Wildman–Crippen LogP) is 2.04. The molecule has 0 aromatic heterocycles. The van der Waals surface area contributed by atoms with Gasteiger partial charge in [0.25, 0.3) is 0 Å². The van der Waals surface area contributed by atoms with Crippen LogP contribution in [0.25, 0.3) is 0 Å². The van der Waals surface area contributed by atoms with Crippen LogP contribution in [0.2, 0.25) is 0 Å². The number of aromatic hydroxyl groups is 1. The molecule has 2 rings (SSSR count). The van der Waals surface area contributed by atoms with Gasteiger partial charge in [0.05, 0.1) is 5.56 Å². The largest absolute Gasteiger partial charge is 0.508 e. The lowest BCUT2D eigenvalue weighted by molar-refractivity contribution is -0.129. The van der Waals surface area contributed by atoms with Crippen molar-refractivity contribution in [3.63, 3.8) is 0 Å². The van der Waals surface area contributed by atoms with Crippen LogP contribution in [0.4, 0.5) is 0 Å². The van der Waals surface area contributed by atoms with Gasteiger partial charge >= 0.3 is 11.9 Å². The zero-order chi connectivity index (χ0) is 15.2. The molecule has 21 heavy (non-hydrogen) atoms. The summed E-state index contributed by atoms with van der Waals surface area (Å²) < 4.78 is 0. The van der Waals surface area contributed by atoms with Crippen molar-refractivity contribution in [1.29, 1.82) is 0 Å². The molecule has 6 heteroatoms. The van der Waals surface area contributed by atoms with Crippen molar-refractivity contribution in [3.8, 4) is 5.75 Å². The lowest BCUT2D eigenvalue weighted by atomic mass is 10.1. The second-order valence-electron chi connectivity index (χ2n) is 4.04. The average molecular weight is 285 g/mol. The number of benzene rings is 2. The maximum absolute atomic E-state index is 11.7. The van der Waals surface area contributed by atoms with Crippen molar-refractivity contribution in [3.05, 3.63) is 65.7 Å². The molecule has 0 saturated heterocycles. The highest BCUT2D eigenvalue weighted by molar-refractivity contribution is 6.42. The zero-order valence-electron chi connectivity index (χ0n) is 10.8. The van der Waals surface area contributed by atoms with Crippen molar-refractivity contribution < 1.29 is 24.6 Å². The minimum atomic E-state index is -1.35. The Morgan fingerprint density at radius 1 is 0.905 bits per heavy atom. The van der Waals surface area contributed by atoms with Crippen LogP contribution in [0, 0.1) is 0 Å². The molecule has 2 aromatic rings. The average Bonchev–Trinajstić information content (AvgIpc) is 2.49. The SMILES string of the molecule is O=C(O)/C(=N/OC(=O)c1ccccc1)c1ccc(O)cc1. The fourth-order valence-electron chi connectivity index (χ4n) is 1.55. The summed E-state index contributed by atoms with van der Waals surface area (Å²) >= 11 is 0. The smallest absolute Gasteiger partial charge is 0.365 e. The monoisotopic (exact) mass is 285 g/mol. The molecule has 2 N–H and O–H groups in total. The van der Waals surface area contributed by atoms with Gasteiger partial charge in [0, 0.05) is 5.56 Å². The Hall–Kier alpha value is -3.15. The molecule has 0 radical (unpaired) electrons. The number of hydrogen-bond donors (Lipinski definition) is 2. The summed E-state index contributed by atoms with van der Waals surface area (Å²) in [6, 6.07) is 13.4. The Kier molecular flexibility index (Phi) is 4.30. The van der Waals surface area contributed by atoms with Crippen molar-refractivity contribution in [2.24, 2.45) is 5.16 Å². The van der Waals surface area contributed by atoms with E-state index in [1.807, 2.05) is 0 Å². The van der Waals surface area contributed by atoms with Crippen LogP contribution in [0.5, 0.6) is 5.75 Å². The first kappa shape index (κ1) is 14.3. The number of oxime groups is 1. The molecule has 2 aromatic carbocycles. The number of carboxylic acids is 1. The van der Waals surface area contributed by atoms with Crippen LogP contribution < -0.4 is 0 Å². The molecule has 0 unspecified atom stereocenters. The van der Waals surface area contributed by atoms with E-state index < -0.39 is 17.7 Å². The Morgan fingerprint density at radius 3 is 2.10 bits per heavy atom. The fraction of sp³-hybridized carbons (Fsp3) is 0. The van der Waals surface area contributed by atoms with Crippen molar-refractivity contribution in [2.45, 2.75) is 0 Å². The number of nitrogens with zero attached hydrogens (tertiary/aromatic N) is 1. The molecule has 0 fully saturated rings. The quantitative estimate of drug-likeness (QED) is 0.509. The van der Waals surface area contributed by atoms with Gasteiger partial charge < -0.3 is 15.1 Å². The number of carboxylic acid groups (broad SMARTS) is 1. The number of hydrogen-bond acceptors (Lipinski definition) is 5. The minimum Gasteiger partial charge on any atom is -0.508 e. The first-order valence-electron chi connectivity index (χ1n) is 5.95. The Balaban J connectivity index is 2.21. The maximum atomic E-state index is 11.7. The van der Waals surface area contributed by atoms with E-state index in [-0.39, 0.29) is 16.9 Å². The molecule has 0 amide bonds. The molecule has 0 heterocycles. The lowest BCUT2D eigenvalue weighted by Crippen LogP contribution is -2.16. The van der Waals surface area contributed by atoms with E-state index >= 15 is 0 Å². The number of phenols is 1. The second kappa shape index (κ2) is 6.33. The summed E-state index contributed by atoms with van der Waals surface area (Å²) in [6.45, 7) is 0. The molecule has 0 aliphatic heterocycles. The van der Waals surface area contributed by atoms with Gasteiger partial charge in [0.15, 0.2) is 5.71 Å². The van der Waals surface area contributed by atoms with Gasteiger partial charge in [-0.05, 0) is 36.4 Å². The summed E-state index contributed by atoms with van der Waals surface area (Å²) in [5.74, 6) is -2.11. The number of carbonyl (C=O) groups is 2. The van der Waals surface area contributed by atoms with E-state index in [0.717, 1.165) is 0 Å². The third-order valence-electron chi connectivity index (χ3n) is 2.57. The summed E-state index contributed by atoms with van der Waals surface area (Å²) in [5.41, 5.74) is 0.0390. The third-order valence-corrected chi connectivity index (χ3v) is 2.57. The topological polar surface area (TPSA) is 96.2 Å². The van der Waals surface area contributed by atoms with Crippen LogP contribution in [0.3, 0.4) is 0 Å². The van der Waals surface area contributed by atoms with Gasteiger partial charge in [-0.15, -0.1) is 0 Å². The zero-order valence-corrected chi connectivity index (χ0v) is 10.8. The van der Waals surface area contributed by atoms with E-state index in [4.69, 9.17) is 5.11 Å². The molecular weight excluding hydrogens is 274 g/mol. The highest BCUT2D eigenvalue weighted by atomic mass is 16.7. The van der Waals surface area contributed by atoms with Crippen LogP contribution in [-0.4, -0.2) is 27.9 Å². The van der Waals surface area contributed by atoms with Gasteiger partial charge in [0.1, 0.15) is 5.75 Å². The van der Waals surface area contributed by atoms with Crippen molar-refractivity contribution in [1.82, 2.24) is 0 Å². The van der Waals surface area contributed by atoms with E-state index in [1.54, 1.807) is 18.2 Å². The molecule has 0 spiro atoms. The summed E-state index contributed by atoms with van der Waals surface area (Å²) in [4.78, 5) is 27.5. The molecule has 0 aliphatic carbocycles. The number of rotatable bonds is 4. The van der Waals surface area contributed by atoms with Gasteiger partial charge in [-0.3, -0.25) is 0 Å². The Morgan fingerprint density at radius 2 is 1.52 bits per heavy atom. The molecule has 0 bridgehead atoms. The van der Waals surface area contributed by atoms with E-state index in [2.05, 4.69) is 9.99 Å². The number of phenolic OH excluding ortho intramolecular Hbond substituents is 1. The molecule has 106 valence electrons. The minimum absolute atomic E-state index is 0.00947. The highest BCUT2D eigenvalue weighted by Crippen LogP contribution is 2.11. The number of carbonyl (C=O) groups excluding carboxylic acids is 1. The van der Waals surface area contributed by atoms with E-state index in [1.165, 1.54) is 36.4 Å².